The van der Waals surface area contributed by atoms with Crippen molar-refractivity contribution in [2.45, 2.75) is 32.3 Å². The molecule has 1 saturated carbocycles. The van der Waals surface area contributed by atoms with Gasteiger partial charge < -0.3 is 10.1 Å². The first-order valence-electron chi connectivity index (χ1n) is 6.73. The monoisotopic (exact) mass is 336 g/mol. The van der Waals surface area contributed by atoms with Crippen molar-refractivity contribution in [1.82, 2.24) is 0 Å². The SMILES string of the molecule is CCOC1CC(CC(=O)Nc2cc(Br)ccc2C#N)C1. The molecule has 0 radical (unpaired) electrons. The molecule has 1 aliphatic rings. The Morgan fingerprint density at radius 2 is 2.30 bits per heavy atom. The number of hydrogen-bond donors (Lipinski definition) is 1. The van der Waals surface area contributed by atoms with Crippen molar-refractivity contribution in [3.8, 4) is 6.07 Å². The first kappa shape index (κ1) is 15.0. The van der Waals surface area contributed by atoms with Crippen LogP contribution in [0.1, 0.15) is 31.7 Å². The second-order valence-electron chi connectivity index (χ2n) is 4.97. The lowest BCUT2D eigenvalue weighted by atomic mass is 9.80. The Bertz CT molecular complexity index is 533. The summed E-state index contributed by atoms with van der Waals surface area (Å²) in [5.74, 6) is 0.351. The maximum Gasteiger partial charge on any atom is 0.224 e. The van der Waals surface area contributed by atoms with E-state index in [2.05, 4.69) is 27.3 Å². The van der Waals surface area contributed by atoms with Crippen LogP contribution in [-0.4, -0.2) is 18.6 Å². The Morgan fingerprint density at radius 1 is 1.55 bits per heavy atom. The van der Waals surface area contributed by atoms with Gasteiger partial charge in [-0.25, -0.2) is 0 Å². The minimum atomic E-state index is -0.0421. The Balaban J connectivity index is 1.87. The van der Waals surface area contributed by atoms with Crippen LogP contribution in [0.3, 0.4) is 0 Å². The number of rotatable bonds is 5. The molecule has 106 valence electrons. The second kappa shape index (κ2) is 6.87. The number of nitriles is 1. The first-order chi connectivity index (χ1) is 9.62. The second-order valence-corrected chi connectivity index (χ2v) is 5.88. The Kier molecular flexibility index (Phi) is 5.16. The minimum absolute atomic E-state index is 0.0421. The van der Waals surface area contributed by atoms with Gasteiger partial charge in [0.2, 0.25) is 5.91 Å². The molecule has 1 aromatic carbocycles. The highest BCUT2D eigenvalue weighted by atomic mass is 79.9. The largest absolute Gasteiger partial charge is 0.378 e. The average molecular weight is 337 g/mol. The van der Waals surface area contributed by atoms with Crippen LogP contribution in [0.4, 0.5) is 5.69 Å². The van der Waals surface area contributed by atoms with Gasteiger partial charge in [-0.3, -0.25) is 4.79 Å². The van der Waals surface area contributed by atoms with Gasteiger partial charge in [0.05, 0.1) is 17.4 Å². The molecule has 0 unspecified atom stereocenters. The van der Waals surface area contributed by atoms with Crippen molar-refractivity contribution in [3.05, 3.63) is 28.2 Å². The van der Waals surface area contributed by atoms with Crippen molar-refractivity contribution in [1.29, 1.82) is 5.26 Å². The van der Waals surface area contributed by atoms with Gasteiger partial charge in [0.25, 0.3) is 0 Å². The third kappa shape index (κ3) is 3.81. The van der Waals surface area contributed by atoms with E-state index in [-0.39, 0.29) is 5.91 Å². The molecule has 1 aromatic rings. The maximum atomic E-state index is 12.0. The highest BCUT2D eigenvalue weighted by Gasteiger charge is 2.31. The lowest BCUT2D eigenvalue weighted by Gasteiger charge is -2.34. The van der Waals surface area contributed by atoms with Gasteiger partial charge in [0, 0.05) is 17.5 Å². The number of ether oxygens (including phenoxy) is 1. The number of carbonyl (C=O) groups excluding carboxylic acids is 1. The summed E-state index contributed by atoms with van der Waals surface area (Å²) in [6.45, 7) is 2.71. The van der Waals surface area contributed by atoms with Gasteiger partial charge in [0.1, 0.15) is 6.07 Å². The molecule has 1 fully saturated rings. The fraction of sp³-hybridized carbons (Fsp3) is 0.467. The van der Waals surface area contributed by atoms with Crippen molar-refractivity contribution >= 4 is 27.5 Å². The van der Waals surface area contributed by atoms with Gasteiger partial charge in [0.15, 0.2) is 0 Å². The zero-order chi connectivity index (χ0) is 14.5. The fourth-order valence-electron chi connectivity index (χ4n) is 2.39. The van der Waals surface area contributed by atoms with E-state index in [9.17, 15) is 4.79 Å². The predicted octanol–water partition coefficient (Wildman–Crippen LogP) is 3.46. The predicted molar refractivity (Wildman–Crippen MR) is 80.2 cm³/mol. The van der Waals surface area contributed by atoms with Gasteiger partial charge in [-0.15, -0.1) is 0 Å². The van der Waals surface area contributed by atoms with Crippen molar-refractivity contribution in [3.63, 3.8) is 0 Å². The number of carbonyl (C=O) groups is 1. The number of anilines is 1. The van der Waals surface area contributed by atoms with Crippen LogP contribution in [0.5, 0.6) is 0 Å². The lowest BCUT2D eigenvalue weighted by Crippen LogP contribution is -2.33. The number of benzene rings is 1. The smallest absolute Gasteiger partial charge is 0.224 e. The summed E-state index contributed by atoms with van der Waals surface area (Å²) in [5, 5.41) is 11.8. The summed E-state index contributed by atoms with van der Waals surface area (Å²) in [6.07, 6.45) is 2.70. The molecule has 0 spiro atoms. The van der Waals surface area contributed by atoms with Crippen LogP contribution >= 0.6 is 15.9 Å². The Labute approximate surface area is 127 Å². The number of halogens is 1. The third-order valence-corrected chi connectivity index (χ3v) is 3.94. The average Bonchev–Trinajstić information content (AvgIpc) is 2.36. The van der Waals surface area contributed by atoms with E-state index in [0.29, 0.717) is 29.7 Å². The highest BCUT2D eigenvalue weighted by molar-refractivity contribution is 9.10. The standard InChI is InChI=1S/C15H17BrN2O2/c1-2-20-13-5-10(6-13)7-15(19)18-14-8-12(16)4-3-11(14)9-17/h3-4,8,10,13H,2,5-7H2,1H3,(H,18,19). The summed E-state index contributed by atoms with van der Waals surface area (Å²) in [4.78, 5) is 12.0. The van der Waals surface area contributed by atoms with Crippen LogP contribution in [0.2, 0.25) is 0 Å². The third-order valence-electron chi connectivity index (χ3n) is 3.45. The molecular formula is C15H17BrN2O2. The molecule has 1 amide bonds. The summed E-state index contributed by atoms with van der Waals surface area (Å²) < 4.78 is 6.32. The topological polar surface area (TPSA) is 62.1 Å². The zero-order valence-electron chi connectivity index (χ0n) is 11.4. The first-order valence-corrected chi connectivity index (χ1v) is 7.52. The van der Waals surface area contributed by atoms with Gasteiger partial charge in [-0.1, -0.05) is 15.9 Å². The Morgan fingerprint density at radius 3 is 2.95 bits per heavy atom. The molecular weight excluding hydrogens is 320 g/mol. The van der Waals surface area contributed by atoms with E-state index in [1.807, 2.05) is 6.92 Å². The number of nitrogens with one attached hydrogen (secondary N) is 1. The molecule has 0 bridgehead atoms. The quantitative estimate of drug-likeness (QED) is 0.895. The summed E-state index contributed by atoms with van der Waals surface area (Å²) in [6, 6.07) is 7.30. The molecule has 0 saturated heterocycles. The maximum absolute atomic E-state index is 12.0. The molecule has 4 nitrogen and oxygen atoms in total. The fourth-order valence-corrected chi connectivity index (χ4v) is 2.75. The summed E-state index contributed by atoms with van der Waals surface area (Å²) in [5.41, 5.74) is 1.04. The van der Waals surface area contributed by atoms with Crippen LogP contribution in [-0.2, 0) is 9.53 Å². The van der Waals surface area contributed by atoms with E-state index < -0.39 is 0 Å². The molecule has 0 atom stereocenters. The number of nitrogens with zero attached hydrogens (tertiary/aromatic N) is 1. The lowest BCUT2D eigenvalue weighted by molar-refractivity contribution is -0.119. The van der Waals surface area contributed by atoms with E-state index in [1.54, 1.807) is 18.2 Å². The van der Waals surface area contributed by atoms with Crippen molar-refractivity contribution < 1.29 is 9.53 Å². The van der Waals surface area contributed by atoms with Crippen LogP contribution in [0.25, 0.3) is 0 Å². The van der Waals surface area contributed by atoms with Gasteiger partial charge in [-0.05, 0) is 43.9 Å². The van der Waals surface area contributed by atoms with Crippen LogP contribution in [0, 0.1) is 17.2 Å². The van der Waals surface area contributed by atoms with Gasteiger partial charge in [-0.2, -0.15) is 5.26 Å². The minimum Gasteiger partial charge on any atom is -0.378 e. The summed E-state index contributed by atoms with van der Waals surface area (Å²) in [7, 11) is 0. The summed E-state index contributed by atoms with van der Waals surface area (Å²) >= 11 is 3.34. The zero-order valence-corrected chi connectivity index (χ0v) is 12.9. The van der Waals surface area contributed by atoms with E-state index >= 15 is 0 Å². The van der Waals surface area contributed by atoms with Crippen molar-refractivity contribution in [2.24, 2.45) is 5.92 Å². The van der Waals surface area contributed by atoms with E-state index in [4.69, 9.17) is 10.00 Å². The van der Waals surface area contributed by atoms with Crippen LogP contribution in [0.15, 0.2) is 22.7 Å². The van der Waals surface area contributed by atoms with Gasteiger partial charge >= 0.3 is 0 Å². The molecule has 2 rings (SSSR count). The van der Waals surface area contributed by atoms with E-state index in [0.717, 1.165) is 23.9 Å². The number of amides is 1. The Hall–Kier alpha value is -1.38. The molecule has 1 aliphatic carbocycles. The molecule has 1 N–H and O–H groups in total. The number of hydrogen-bond acceptors (Lipinski definition) is 3. The van der Waals surface area contributed by atoms with Crippen LogP contribution < -0.4 is 5.32 Å². The molecule has 20 heavy (non-hydrogen) atoms. The normalized spacial score (nSPS) is 20.9. The molecule has 5 heteroatoms. The molecule has 0 heterocycles. The molecule has 0 aliphatic heterocycles. The highest BCUT2D eigenvalue weighted by Crippen LogP contribution is 2.33. The van der Waals surface area contributed by atoms with Crippen molar-refractivity contribution in [2.75, 3.05) is 11.9 Å². The van der Waals surface area contributed by atoms with E-state index in [1.165, 1.54) is 0 Å². The molecule has 0 aromatic heterocycles.